The molecule has 2 aliphatic rings. The maximum absolute atomic E-state index is 12.0. The minimum absolute atomic E-state index is 0.0219. The SMILES string of the molecule is Cc1cccc(N2C(=O)CN3C(=O)CCC32)c1. The Balaban J connectivity index is 1.98. The largest absolute Gasteiger partial charge is 0.312 e. The fourth-order valence-electron chi connectivity index (χ4n) is 2.66. The maximum Gasteiger partial charge on any atom is 0.248 e. The van der Waals surface area contributed by atoms with Crippen molar-refractivity contribution in [3.8, 4) is 0 Å². The second-order valence-corrected chi connectivity index (χ2v) is 4.64. The molecule has 4 nitrogen and oxygen atoms in total. The van der Waals surface area contributed by atoms with Gasteiger partial charge in [0.25, 0.3) is 0 Å². The van der Waals surface area contributed by atoms with Crippen molar-refractivity contribution in [2.45, 2.75) is 25.9 Å². The zero-order valence-electron chi connectivity index (χ0n) is 9.72. The van der Waals surface area contributed by atoms with Crippen molar-refractivity contribution in [3.05, 3.63) is 29.8 Å². The van der Waals surface area contributed by atoms with E-state index in [4.69, 9.17) is 0 Å². The van der Waals surface area contributed by atoms with Gasteiger partial charge in [-0.2, -0.15) is 0 Å². The van der Waals surface area contributed by atoms with Gasteiger partial charge in [-0.15, -0.1) is 0 Å². The first-order chi connectivity index (χ1) is 8.16. The van der Waals surface area contributed by atoms with Gasteiger partial charge in [0.1, 0.15) is 12.7 Å². The van der Waals surface area contributed by atoms with Crippen molar-refractivity contribution in [2.24, 2.45) is 0 Å². The van der Waals surface area contributed by atoms with Crippen molar-refractivity contribution in [1.82, 2.24) is 4.90 Å². The van der Waals surface area contributed by atoms with E-state index in [1.165, 1.54) is 0 Å². The van der Waals surface area contributed by atoms with E-state index in [9.17, 15) is 9.59 Å². The van der Waals surface area contributed by atoms with E-state index in [1.807, 2.05) is 31.2 Å². The number of anilines is 1. The number of fused-ring (bicyclic) bond motifs is 1. The van der Waals surface area contributed by atoms with Gasteiger partial charge in [-0.1, -0.05) is 12.1 Å². The average Bonchev–Trinajstić information content (AvgIpc) is 2.79. The summed E-state index contributed by atoms with van der Waals surface area (Å²) in [5, 5.41) is 0. The Kier molecular flexibility index (Phi) is 2.18. The van der Waals surface area contributed by atoms with Crippen molar-refractivity contribution in [3.63, 3.8) is 0 Å². The molecule has 0 saturated carbocycles. The third-order valence-electron chi connectivity index (χ3n) is 3.45. The van der Waals surface area contributed by atoms with E-state index in [-0.39, 0.29) is 24.5 Å². The van der Waals surface area contributed by atoms with Crippen LogP contribution in [0.2, 0.25) is 0 Å². The highest BCUT2D eigenvalue weighted by Crippen LogP contribution is 2.32. The van der Waals surface area contributed by atoms with E-state index in [0.717, 1.165) is 17.7 Å². The number of hydrogen-bond acceptors (Lipinski definition) is 2. The monoisotopic (exact) mass is 230 g/mol. The molecule has 0 radical (unpaired) electrons. The Labute approximate surface area is 99.8 Å². The summed E-state index contributed by atoms with van der Waals surface area (Å²) >= 11 is 0. The Bertz CT molecular complexity index is 498. The molecule has 0 N–H and O–H groups in total. The number of amides is 2. The standard InChI is InChI=1S/C13H14N2O2/c1-9-3-2-4-10(7-9)15-11-5-6-12(16)14(11)8-13(15)17/h2-4,7,11H,5-6,8H2,1H3. The molecule has 2 saturated heterocycles. The van der Waals surface area contributed by atoms with Crippen LogP contribution in [0.25, 0.3) is 0 Å². The summed E-state index contributed by atoms with van der Waals surface area (Å²) < 4.78 is 0. The Morgan fingerprint density at radius 2 is 2.06 bits per heavy atom. The third-order valence-corrected chi connectivity index (χ3v) is 3.45. The summed E-state index contributed by atoms with van der Waals surface area (Å²) in [5.74, 6) is 0.118. The maximum atomic E-state index is 12.0. The molecule has 1 aromatic carbocycles. The topological polar surface area (TPSA) is 40.6 Å². The summed E-state index contributed by atoms with van der Waals surface area (Å²) in [6.45, 7) is 2.24. The lowest BCUT2D eigenvalue weighted by Crippen LogP contribution is -2.36. The molecule has 2 aliphatic heterocycles. The van der Waals surface area contributed by atoms with Crippen molar-refractivity contribution in [1.29, 1.82) is 0 Å². The number of carbonyl (C=O) groups excluding carboxylic acids is 2. The number of aryl methyl sites for hydroxylation is 1. The highest BCUT2D eigenvalue weighted by Gasteiger charge is 2.45. The predicted octanol–water partition coefficient (Wildman–Crippen LogP) is 1.29. The fraction of sp³-hybridized carbons (Fsp3) is 0.385. The first kappa shape index (κ1) is 10.3. The van der Waals surface area contributed by atoms with Crippen molar-refractivity contribution < 1.29 is 9.59 Å². The summed E-state index contributed by atoms with van der Waals surface area (Å²) in [4.78, 5) is 27.0. The molecule has 1 aromatic rings. The Morgan fingerprint density at radius 1 is 1.24 bits per heavy atom. The Hall–Kier alpha value is -1.84. The zero-order valence-corrected chi connectivity index (χ0v) is 9.72. The number of carbonyl (C=O) groups is 2. The lowest BCUT2D eigenvalue weighted by Gasteiger charge is -2.24. The van der Waals surface area contributed by atoms with Gasteiger partial charge < -0.3 is 4.90 Å². The van der Waals surface area contributed by atoms with Gasteiger partial charge in [-0.05, 0) is 31.0 Å². The predicted molar refractivity (Wildman–Crippen MR) is 63.4 cm³/mol. The highest BCUT2D eigenvalue weighted by atomic mass is 16.2. The smallest absolute Gasteiger partial charge is 0.248 e. The molecule has 1 unspecified atom stereocenters. The molecule has 88 valence electrons. The summed E-state index contributed by atoms with van der Waals surface area (Å²) in [6.07, 6.45) is 1.25. The van der Waals surface area contributed by atoms with Gasteiger partial charge >= 0.3 is 0 Å². The molecule has 17 heavy (non-hydrogen) atoms. The van der Waals surface area contributed by atoms with E-state index < -0.39 is 0 Å². The molecule has 2 heterocycles. The van der Waals surface area contributed by atoms with E-state index in [0.29, 0.717) is 6.42 Å². The van der Waals surface area contributed by atoms with Crippen LogP contribution in [0.5, 0.6) is 0 Å². The van der Waals surface area contributed by atoms with Gasteiger partial charge in [0, 0.05) is 12.1 Å². The minimum atomic E-state index is -0.0585. The second kappa shape index (κ2) is 3.58. The zero-order chi connectivity index (χ0) is 12.0. The summed E-state index contributed by atoms with van der Waals surface area (Å²) in [7, 11) is 0. The molecular weight excluding hydrogens is 216 g/mol. The van der Waals surface area contributed by atoms with Crippen LogP contribution in [0.1, 0.15) is 18.4 Å². The number of rotatable bonds is 1. The number of nitrogens with zero attached hydrogens (tertiary/aromatic N) is 2. The molecule has 0 aromatic heterocycles. The number of benzene rings is 1. The van der Waals surface area contributed by atoms with E-state index >= 15 is 0 Å². The molecule has 0 spiro atoms. The highest BCUT2D eigenvalue weighted by molar-refractivity contribution is 6.02. The van der Waals surface area contributed by atoms with E-state index in [2.05, 4.69) is 0 Å². The lowest BCUT2D eigenvalue weighted by atomic mass is 10.2. The van der Waals surface area contributed by atoms with Crippen LogP contribution < -0.4 is 4.90 Å². The first-order valence-electron chi connectivity index (χ1n) is 5.85. The van der Waals surface area contributed by atoms with Crippen molar-refractivity contribution in [2.75, 3.05) is 11.4 Å². The van der Waals surface area contributed by atoms with Crippen LogP contribution in [0, 0.1) is 6.92 Å². The molecule has 2 fully saturated rings. The van der Waals surface area contributed by atoms with Crippen LogP contribution in [0.4, 0.5) is 5.69 Å². The molecule has 2 amide bonds. The van der Waals surface area contributed by atoms with Crippen LogP contribution in [-0.4, -0.2) is 29.4 Å². The minimum Gasteiger partial charge on any atom is -0.312 e. The summed E-state index contributed by atoms with van der Waals surface area (Å²) in [6, 6.07) is 7.86. The quantitative estimate of drug-likeness (QED) is 0.729. The fourth-order valence-corrected chi connectivity index (χ4v) is 2.66. The first-order valence-corrected chi connectivity index (χ1v) is 5.85. The molecule has 1 atom stereocenters. The molecule has 0 bridgehead atoms. The van der Waals surface area contributed by atoms with Crippen LogP contribution in [0.15, 0.2) is 24.3 Å². The van der Waals surface area contributed by atoms with Gasteiger partial charge in [0.05, 0.1) is 0 Å². The van der Waals surface area contributed by atoms with E-state index in [1.54, 1.807) is 9.80 Å². The average molecular weight is 230 g/mol. The van der Waals surface area contributed by atoms with Crippen LogP contribution in [0.3, 0.4) is 0 Å². The molecular formula is C13H14N2O2. The lowest BCUT2D eigenvalue weighted by molar-refractivity contribution is -0.129. The second-order valence-electron chi connectivity index (χ2n) is 4.64. The normalized spacial score (nSPS) is 23.5. The molecule has 3 rings (SSSR count). The van der Waals surface area contributed by atoms with Gasteiger partial charge in [-0.25, -0.2) is 0 Å². The van der Waals surface area contributed by atoms with Crippen LogP contribution >= 0.6 is 0 Å². The van der Waals surface area contributed by atoms with Gasteiger partial charge in [-0.3, -0.25) is 14.5 Å². The molecule has 0 aliphatic carbocycles. The van der Waals surface area contributed by atoms with Gasteiger partial charge in [0.15, 0.2) is 0 Å². The third kappa shape index (κ3) is 1.52. The van der Waals surface area contributed by atoms with Crippen molar-refractivity contribution >= 4 is 17.5 Å². The molecule has 4 heteroatoms. The van der Waals surface area contributed by atoms with Gasteiger partial charge in [0.2, 0.25) is 11.8 Å². The number of hydrogen-bond donors (Lipinski definition) is 0. The summed E-state index contributed by atoms with van der Waals surface area (Å²) in [5.41, 5.74) is 2.02. The Morgan fingerprint density at radius 3 is 2.82 bits per heavy atom. The van der Waals surface area contributed by atoms with Crippen LogP contribution in [-0.2, 0) is 9.59 Å².